The maximum atomic E-state index is 11.2. The van der Waals surface area contributed by atoms with Gasteiger partial charge in [-0.3, -0.25) is 4.79 Å². The van der Waals surface area contributed by atoms with E-state index in [4.69, 9.17) is 5.73 Å². The molecule has 0 saturated heterocycles. The van der Waals surface area contributed by atoms with Gasteiger partial charge in [0.05, 0.1) is 16.3 Å². The summed E-state index contributed by atoms with van der Waals surface area (Å²) in [5.41, 5.74) is 9.17. The van der Waals surface area contributed by atoms with Crippen molar-refractivity contribution in [1.29, 1.82) is 0 Å². The molecule has 0 aliphatic rings. The number of rotatable bonds is 5. The molecule has 0 radical (unpaired) electrons. The molecule has 0 aliphatic heterocycles. The Labute approximate surface area is 172 Å². The van der Waals surface area contributed by atoms with E-state index in [1.54, 1.807) is 0 Å². The zero-order valence-corrected chi connectivity index (χ0v) is 17.3. The minimum absolute atomic E-state index is 0.141. The van der Waals surface area contributed by atoms with E-state index in [-0.39, 0.29) is 5.91 Å². The van der Waals surface area contributed by atoms with Gasteiger partial charge in [-0.15, -0.1) is 21.5 Å². The summed E-state index contributed by atoms with van der Waals surface area (Å²) < 4.78 is 0. The van der Waals surface area contributed by atoms with Gasteiger partial charge in [0.2, 0.25) is 11.0 Å². The second-order valence-electron chi connectivity index (χ2n) is 5.80. The first-order valence-corrected chi connectivity index (χ1v) is 10.7. The summed E-state index contributed by atoms with van der Waals surface area (Å²) in [5.74, 6) is -0.141. The molecule has 0 saturated carbocycles. The molecule has 0 aliphatic carbocycles. The molecule has 142 valence electrons. The Bertz CT molecular complexity index is 1150. The number of nitrogens with one attached hydrogen (secondary N) is 2. The molecule has 1 amide bonds. The molecular weight excluding hydrogens is 414 g/mol. The number of nitrogens with zero attached hydrogens (tertiary/aromatic N) is 4. The molecule has 0 fully saturated rings. The highest BCUT2D eigenvalue weighted by molar-refractivity contribution is 7.20. The number of amides is 1. The third-order valence-corrected chi connectivity index (χ3v) is 6.27. The number of hydrogen-bond acceptors (Lipinski definition) is 10. The van der Waals surface area contributed by atoms with E-state index in [1.165, 1.54) is 40.9 Å². The van der Waals surface area contributed by atoms with Crippen molar-refractivity contribution in [3.63, 3.8) is 0 Å². The van der Waals surface area contributed by atoms with Crippen LogP contribution in [0.2, 0.25) is 0 Å². The number of thiazole rings is 2. The summed E-state index contributed by atoms with van der Waals surface area (Å²) in [5, 5.41) is 18.5. The Balaban J connectivity index is 1.54. The highest BCUT2D eigenvalue weighted by atomic mass is 32.1. The van der Waals surface area contributed by atoms with Gasteiger partial charge in [0.25, 0.3) is 0 Å². The van der Waals surface area contributed by atoms with Crippen LogP contribution in [-0.2, 0) is 4.79 Å². The highest BCUT2D eigenvalue weighted by Crippen LogP contribution is 2.35. The monoisotopic (exact) mass is 429 g/mol. The lowest BCUT2D eigenvalue weighted by molar-refractivity contribution is -0.114. The molecule has 4 N–H and O–H groups in total. The van der Waals surface area contributed by atoms with E-state index in [0.29, 0.717) is 10.3 Å². The number of benzene rings is 1. The number of nitrogens with two attached hydrogens (primary N) is 1. The summed E-state index contributed by atoms with van der Waals surface area (Å²) in [7, 11) is 0. The van der Waals surface area contributed by atoms with E-state index in [1.807, 2.05) is 36.6 Å². The van der Waals surface area contributed by atoms with Crippen molar-refractivity contribution in [2.24, 2.45) is 0 Å². The zero-order chi connectivity index (χ0) is 19.7. The maximum absolute atomic E-state index is 11.2. The molecule has 4 aromatic rings. The van der Waals surface area contributed by atoms with Crippen molar-refractivity contribution in [2.75, 3.05) is 16.4 Å². The minimum Gasteiger partial charge on any atom is -0.374 e. The summed E-state index contributed by atoms with van der Waals surface area (Å²) in [6.45, 7) is 3.37. The van der Waals surface area contributed by atoms with Gasteiger partial charge in [0, 0.05) is 23.6 Å². The van der Waals surface area contributed by atoms with Crippen LogP contribution >= 0.6 is 34.0 Å². The van der Waals surface area contributed by atoms with Gasteiger partial charge in [-0.2, -0.15) is 0 Å². The quantitative estimate of drug-likeness (QED) is 0.431. The van der Waals surface area contributed by atoms with Gasteiger partial charge in [0.1, 0.15) is 5.01 Å². The van der Waals surface area contributed by atoms with Crippen LogP contribution in [-0.4, -0.2) is 26.1 Å². The topological polar surface area (TPSA) is 119 Å². The number of aromatic nitrogens is 4. The number of carbonyl (C=O) groups excluding carboxylic acids is 1. The van der Waals surface area contributed by atoms with Crippen LogP contribution in [0.15, 0.2) is 29.6 Å². The first kappa shape index (κ1) is 18.5. The fourth-order valence-electron chi connectivity index (χ4n) is 2.48. The normalized spacial score (nSPS) is 10.8. The van der Waals surface area contributed by atoms with Gasteiger partial charge >= 0.3 is 0 Å². The maximum Gasteiger partial charge on any atom is 0.223 e. The predicted molar refractivity (Wildman–Crippen MR) is 115 cm³/mol. The standard InChI is InChI=1S/C17H15N7OS3/c1-8-13(27-17(19-8)20-9(2)25)12-7-26-16(22-12)21-11-5-3-4-10(6-11)14-23-24-15(18)28-14/h3-7H,1-2H3,(H2,18,24)(H,21,22)(H,19,20,25). The lowest BCUT2D eigenvalue weighted by Crippen LogP contribution is -2.04. The second-order valence-corrected chi connectivity index (χ2v) is 8.67. The van der Waals surface area contributed by atoms with Crippen LogP contribution in [0, 0.1) is 6.92 Å². The molecule has 0 atom stereocenters. The number of aryl methyl sites for hydroxylation is 1. The van der Waals surface area contributed by atoms with Crippen LogP contribution in [0.1, 0.15) is 12.6 Å². The third-order valence-electron chi connectivity index (χ3n) is 3.62. The average Bonchev–Trinajstić information content (AvgIpc) is 3.35. The number of nitrogen functional groups attached to an aromatic ring is 1. The predicted octanol–water partition coefficient (Wildman–Crippen LogP) is 4.38. The summed E-state index contributed by atoms with van der Waals surface area (Å²) >= 11 is 4.26. The van der Waals surface area contributed by atoms with E-state index in [0.717, 1.165) is 37.7 Å². The summed E-state index contributed by atoms with van der Waals surface area (Å²) in [6, 6.07) is 7.84. The number of hydrogen-bond donors (Lipinski definition) is 3. The third kappa shape index (κ3) is 4.01. The molecule has 11 heteroatoms. The smallest absolute Gasteiger partial charge is 0.223 e. The van der Waals surface area contributed by atoms with Crippen LogP contribution in [0.4, 0.5) is 21.1 Å². The first-order chi connectivity index (χ1) is 13.5. The SMILES string of the molecule is CC(=O)Nc1nc(C)c(-c2csc(Nc3cccc(-c4nnc(N)s4)c3)n2)s1. The van der Waals surface area contributed by atoms with Crippen molar-refractivity contribution in [3.8, 4) is 21.1 Å². The molecule has 8 nitrogen and oxygen atoms in total. The van der Waals surface area contributed by atoms with Gasteiger partial charge in [0.15, 0.2) is 10.3 Å². The van der Waals surface area contributed by atoms with E-state index < -0.39 is 0 Å². The molecule has 1 aromatic carbocycles. The molecule has 28 heavy (non-hydrogen) atoms. The van der Waals surface area contributed by atoms with Crippen molar-refractivity contribution >= 4 is 61.0 Å². The van der Waals surface area contributed by atoms with Crippen LogP contribution in [0.5, 0.6) is 0 Å². The van der Waals surface area contributed by atoms with E-state index in [9.17, 15) is 4.79 Å². The Morgan fingerprint density at radius 1 is 1.14 bits per heavy atom. The molecule has 4 rings (SSSR count). The molecule has 0 spiro atoms. The summed E-state index contributed by atoms with van der Waals surface area (Å²) in [4.78, 5) is 21.2. The molecular formula is C17H15N7OS3. The Morgan fingerprint density at radius 3 is 2.75 bits per heavy atom. The fourth-order valence-corrected chi connectivity index (χ4v) is 4.85. The molecule has 3 aromatic heterocycles. The van der Waals surface area contributed by atoms with Gasteiger partial charge in [-0.1, -0.05) is 34.8 Å². The zero-order valence-electron chi connectivity index (χ0n) is 14.9. The Morgan fingerprint density at radius 2 is 2.00 bits per heavy atom. The van der Waals surface area contributed by atoms with E-state index >= 15 is 0 Å². The molecule has 0 unspecified atom stereocenters. The average molecular weight is 430 g/mol. The van der Waals surface area contributed by atoms with Crippen molar-refractivity contribution < 1.29 is 4.79 Å². The number of anilines is 4. The second kappa shape index (κ2) is 7.62. The van der Waals surface area contributed by atoms with Crippen LogP contribution in [0.3, 0.4) is 0 Å². The van der Waals surface area contributed by atoms with Crippen molar-refractivity contribution in [3.05, 3.63) is 35.3 Å². The molecule has 0 bridgehead atoms. The first-order valence-electron chi connectivity index (χ1n) is 8.15. The Hall–Kier alpha value is -2.89. The van der Waals surface area contributed by atoms with Gasteiger partial charge in [-0.25, -0.2) is 9.97 Å². The number of carbonyl (C=O) groups is 1. The van der Waals surface area contributed by atoms with Crippen LogP contribution < -0.4 is 16.4 Å². The summed E-state index contributed by atoms with van der Waals surface area (Å²) in [6.07, 6.45) is 0. The van der Waals surface area contributed by atoms with Crippen molar-refractivity contribution in [1.82, 2.24) is 20.2 Å². The minimum atomic E-state index is -0.141. The van der Waals surface area contributed by atoms with Crippen molar-refractivity contribution in [2.45, 2.75) is 13.8 Å². The van der Waals surface area contributed by atoms with E-state index in [2.05, 4.69) is 30.8 Å². The Kier molecular flexibility index (Phi) is 5.03. The highest BCUT2D eigenvalue weighted by Gasteiger charge is 2.14. The van der Waals surface area contributed by atoms with Gasteiger partial charge in [-0.05, 0) is 19.1 Å². The lowest BCUT2D eigenvalue weighted by Gasteiger charge is -2.04. The fraction of sp³-hybridized carbons (Fsp3) is 0.118. The van der Waals surface area contributed by atoms with Crippen LogP contribution in [0.25, 0.3) is 21.1 Å². The molecule has 3 heterocycles. The largest absolute Gasteiger partial charge is 0.374 e. The van der Waals surface area contributed by atoms with Gasteiger partial charge < -0.3 is 16.4 Å². The lowest BCUT2D eigenvalue weighted by atomic mass is 10.2.